The monoisotopic (exact) mass is 504 g/mol. The number of rotatable bonds is 6. The Balaban J connectivity index is 1.76. The Morgan fingerprint density at radius 3 is 2.29 bits per heavy atom. The van der Waals surface area contributed by atoms with Crippen molar-refractivity contribution >= 4 is 22.6 Å². The third-order valence-corrected chi connectivity index (χ3v) is 7.28. The third-order valence-electron chi connectivity index (χ3n) is 7.28. The first-order chi connectivity index (χ1) is 18.5. The summed E-state index contributed by atoms with van der Waals surface area (Å²) in [4.78, 5) is 19.3. The predicted molar refractivity (Wildman–Crippen MR) is 149 cm³/mol. The first-order valence-electron chi connectivity index (χ1n) is 12.4. The molecule has 5 aromatic rings. The lowest BCUT2D eigenvalue weighted by Crippen LogP contribution is -2.30. The molecule has 1 aromatic heterocycles. The Morgan fingerprint density at radius 2 is 1.55 bits per heavy atom. The summed E-state index contributed by atoms with van der Waals surface area (Å²) in [5.74, 6) is 0.781. The van der Waals surface area contributed by atoms with Crippen LogP contribution in [0.25, 0.3) is 22.2 Å². The average molecular weight is 505 g/mol. The molecular formula is C32H28N2O4. The molecule has 0 spiro atoms. The van der Waals surface area contributed by atoms with Gasteiger partial charge in [-0.25, -0.2) is 4.79 Å². The second-order valence-electron chi connectivity index (χ2n) is 9.55. The van der Waals surface area contributed by atoms with E-state index in [1.54, 1.807) is 14.2 Å². The van der Waals surface area contributed by atoms with Crippen LogP contribution < -0.4 is 14.4 Å². The van der Waals surface area contributed by atoms with Crippen LogP contribution >= 0.6 is 0 Å². The van der Waals surface area contributed by atoms with Gasteiger partial charge in [0.05, 0.1) is 25.5 Å². The minimum atomic E-state index is -1.23. The molecule has 190 valence electrons. The zero-order chi connectivity index (χ0) is 26.4. The summed E-state index contributed by atoms with van der Waals surface area (Å²) in [6.45, 7) is 0. The van der Waals surface area contributed by atoms with E-state index in [1.165, 1.54) is 0 Å². The second kappa shape index (κ2) is 8.99. The molecule has 0 fully saturated rings. The number of hydrogen-bond acceptors (Lipinski definition) is 5. The van der Waals surface area contributed by atoms with Crippen LogP contribution in [0.5, 0.6) is 11.5 Å². The Bertz CT molecular complexity index is 1670. The molecule has 6 heteroatoms. The van der Waals surface area contributed by atoms with Crippen LogP contribution in [0.4, 0.5) is 5.69 Å². The number of ether oxygens (including phenoxy) is 3. The van der Waals surface area contributed by atoms with E-state index in [-0.39, 0.29) is 5.97 Å². The number of cyclic esters (lactones) is 1. The molecule has 0 bridgehead atoms. The van der Waals surface area contributed by atoms with Crippen LogP contribution in [0.3, 0.4) is 0 Å². The number of nitrogens with zero attached hydrogens (tertiary/aromatic N) is 1. The van der Waals surface area contributed by atoms with Crippen molar-refractivity contribution in [1.29, 1.82) is 0 Å². The lowest BCUT2D eigenvalue weighted by molar-refractivity contribution is 0.0256. The molecule has 4 aromatic carbocycles. The van der Waals surface area contributed by atoms with Crippen molar-refractivity contribution < 1.29 is 19.0 Å². The smallest absolute Gasteiger partial charge is 0.340 e. The van der Waals surface area contributed by atoms with E-state index >= 15 is 0 Å². The van der Waals surface area contributed by atoms with Gasteiger partial charge in [-0.15, -0.1) is 0 Å². The average Bonchev–Trinajstić information content (AvgIpc) is 3.49. The van der Waals surface area contributed by atoms with Gasteiger partial charge in [-0.1, -0.05) is 60.7 Å². The summed E-state index contributed by atoms with van der Waals surface area (Å²) in [6, 6.07) is 29.9. The molecule has 0 saturated heterocycles. The zero-order valence-electron chi connectivity index (χ0n) is 21.7. The first kappa shape index (κ1) is 23.7. The zero-order valence-corrected chi connectivity index (χ0v) is 21.7. The number of aromatic nitrogens is 1. The largest absolute Gasteiger partial charge is 0.493 e. The molecule has 0 aliphatic carbocycles. The molecule has 38 heavy (non-hydrogen) atoms. The second-order valence-corrected chi connectivity index (χ2v) is 9.55. The number of carbonyl (C=O) groups is 1. The number of para-hydroxylation sites is 1. The number of methoxy groups -OCH3 is 2. The molecule has 1 N–H and O–H groups in total. The number of hydrogen-bond donors (Lipinski definition) is 1. The van der Waals surface area contributed by atoms with Crippen LogP contribution in [0, 0.1) is 0 Å². The molecule has 6 rings (SSSR count). The minimum absolute atomic E-state index is 0.372. The summed E-state index contributed by atoms with van der Waals surface area (Å²) in [6.07, 6.45) is 0. The van der Waals surface area contributed by atoms with Gasteiger partial charge in [0.15, 0.2) is 17.1 Å². The predicted octanol–water partition coefficient (Wildman–Crippen LogP) is 6.38. The minimum Gasteiger partial charge on any atom is -0.493 e. The van der Waals surface area contributed by atoms with Crippen LogP contribution in [0.2, 0.25) is 0 Å². The van der Waals surface area contributed by atoms with Crippen LogP contribution in [-0.2, 0) is 10.3 Å². The van der Waals surface area contributed by atoms with E-state index in [0.29, 0.717) is 17.1 Å². The van der Waals surface area contributed by atoms with E-state index in [2.05, 4.69) is 23.2 Å². The topological polar surface area (TPSA) is 63.8 Å². The molecule has 1 atom stereocenters. The maximum absolute atomic E-state index is 13.7. The van der Waals surface area contributed by atoms with Gasteiger partial charge in [0.2, 0.25) is 0 Å². The highest BCUT2D eigenvalue weighted by atomic mass is 16.6. The highest BCUT2D eigenvalue weighted by molar-refractivity contribution is 6.01. The molecule has 0 amide bonds. The maximum atomic E-state index is 13.7. The number of aromatic amines is 1. The van der Waals surface area contributed by atoms with Gasteiger partial charge in [-0.05, 0) is 35.9 Å². The van der Waals surface area contributed by atoms with Gasteiger partial charge in [0, 0.05) is 47.4 Å². The summed E-state index contributed by atoms with van der Waals surface area (Å²) in [5.41, 5.74) is 5.48. The van der Waals surface area contributed by atoms with Gasteiger partial charge in [0.25, 0.3) is 0 Å². The van der Waals surface area contributed by atoms with E-state index in [1.807, 2.05) is 91.8 Å². The Morgan fingerprint density at radius 1 is 0.816 bits per heavy atom. The van der Waals surface area contributed by atoms with E-state index in [4.69, 9.17) is 14.2 Å². The number of nitrogens with one attached hydrogen (secondary N) is 1. The number of fused-ring (bicyclic) bond motifs is 2. The van der Waals surface area contributed by atoms with Crippen molar-refractivity contribution in [3.05, 3.63) is 113 Å². The molecule has 1 aliphatic heterocycles. The highest BCUT2D eigenvalue weighted by Crippen LogP contribution is 2.53. The summed E-state index contributed by atoms with van der Waals surface area (Å²) in [7, 11) is 7.12. The van der Waals surface area contributed by atoms with Gasteiger partial charge in [0.1, 0.15) is 0 Å². The number of carbonyl (C=O) groups excluding carboxylic acids is 1. The van der Waals surface area contributed by atoms with Gasteiger partial charge >= 0.3 is 5.97 Å². The fourth-order valence-corrected chi connectivity index (χ4v) is 5.46. The van der Waals surface area contributed by atoms with Crippen molar-refractivity contribution in [3.63, 3.8) is 0 Å². The number of anilines is 1. The lowest BCUT2D eigenvalue weighted by Gasteiger charge is -2.31. The fourth-order valence-electron chi connectivity index (χ4n) is 5.46. The van der Waals surface area contributed by atoms with Crippen molar-refractivity contribution in [2.75, 3.05) is 33.2 Å². The molecule has 6 nitrogen and oxygen atoms in total. The molecule has 1 aliphatic rings. The van der Waals surface area contributed by atoms with Gasteiger partial charge in [-0.3, -0.25) is 0 Å². The number of H-pyrrole nitrogens is 1. The Kier molecular flexibility index (Phi) is 5.60. The van der Waals surface area contributed by atoms with E-state index in [9.17, 15) is 4.79 Å². The normalized spacial score (nSPS) is 16.3. The summed E-state index contributed by atoms with van der Waals surface area (Å²) in [5, 5.41) is 0.971. The van der Waals surface area contributed by atoms with Crippen molar-refractivity contribution in [2.45, 2.75) is 5.60 Å². The van der Waals surface area contributed by atoms with Crippen LogP contribution in [0.15, 0.2) is 91.0 Å². The van der Waals surface area contributed by atoms with E-state index in [0.717, 1.165) is 44.5 Å². The van der Waals surface area contributed by atoms with Crippen molar-refractivity contribution in [3.8, 4) is 22.8 Å². The Hall–Kier alpha value is -4.71. The maximum Gasteiger partial charge on any atom is 0.340 e. The van der Waals surface area contributed by atoms with Gasteiger partial charge < -0.3 is 24.1 Å². The SMILES string of the molecule is COc1ccc(C2(c3c(-c4ccccc4)[nH]c4ccccc34)OC(=O)c3cc(N(C)C)ccc32)cc1OC. The van der Waals surface area contributed by atoms with Crippen LogP contribution in [0.1, 0.15) is 27.0 Å². The van der Waals surface area contributed by atoms with Gasteiger partial charge in [-0.2, -0.15) is 0 Å². The molecular weight excluding hydrogens is 476 g/mol. The fraction of sp³-hybridized carbons (Fsp3) is 0.156. The summed E-state index contributed by atoms with van der Waals surface area (Å²) >= 11 is 0. The Labute approximate surface area is 221 Å². The molecule has 1 unspecified atom stereocenters. The van der Waals surface area contributed by atoms with Crippen molar-refractivity contribution in [2.24, 2.45) is 0 Å². The number of benzene rings is 4. The number of esters is 1. The standard InChI is InChI=1S/C32H28N2O4/c1-34(2)22-15-16-25-24(19-22)31(35)38-32(25,21-14-17-27(36-3)28(18-21)37-4)29-23-12-8-9-13-26(23)33-30(29)20-10-6-5-7-11-20/h5-19,33H,1-4H3. The summed E-state index contributed by atoms with van der Waals surface area (Å²) < 4.78 is 17.8. The first-order valence-corrected chi connectivity index (χ1v) is 12.4. The quantitative estimate of drug-likeness (QED) is 0.272. The van der Waals surface area contributed by atoms with E-state index < -0.39 is 5.60 Å². The van der Waals surface area contributed by atoms with Crippen molar-refractivity contribution in [1.82, 2.24) is 4.98 Å². The van der Waals surface area contributed by atoms with Crippen LogP contribution in [-0.4, -0.2) is 39.3 Å². The lowest BCUT2D eigenvalue weighted by atomic mass is 9.77. The third kappa shape index (κ3) is 3.44. The molecule has 0 saturated carbocycles. The molecule has 2 heterocycles. The highest BCUT2D eigenvalue weighted by Gasteiger charge is 2.51. The molecule has 0 radical (unpaired) electrons.